The lowest BCUT2D eigenvalue weighted by Crippen LogP contribution is -2.27. The number of fused-ring (bicyclic) bond motifs is 1. The molecule has 0 bridgehead atoms. The van der Waals surface area contributed by atoms with Crippen molar-refractivity contribution >= 4 is 11.6 Å². The van der Waals surface area contributed by atoms with E-state index >= 15 is 0 Å². The van der Waals surface area contributed by atoms with Gasteiger partial charge in [0.2, 0.25) is 5.91 Å². The number of rotatable bonds is 4. The first kappa shape index (κ1) is 14.0. The lowest BCUT2D eigenvalue weighted by molar-refractivity contribution is -0.116. The average molecular weight is 266 g/mol. The highest BCUT2D eigenvalue weighted by Gasteiger charge is 2.24. The highest BCUT2D eigenvalue weighted by Crippen LogP contribution is 2.31. The van der Waals surface area contributed by atoms with Gasteiger partial charge < -0.3 is 15.3 Å². The number of amides is 1. The average Bonchev–Trinajstić information content (AvgIpc) is 2.71. The van der Waals surface area contributed by atoms with Crippen LogP contribution in [0.4, 0.5) is 10.1 Å². The number of nitrogens with zero attached hydrogens (tertiary/aromatic N) is 1. The Balaban J connectivity index is 2.13. The highest BCUT2D eigenvalue weighted by atomic mass is 19.1. The van der Waals surface area contributed by atoms with E-state index in [2.05, 4.69) is 5.32 Å². The van der Waals surface area contributed by atoms with Crippen molar-refractivity contribution in [2.24, 2.45) is 5.92 Å². The van der Waals surface area contributed by atoms with Crippen molar-refractivity contribution in [2.45, 2.75) is 12.8 Å². The number of halogens is 1. The van der Waals surface area contributed by atoms with Crippen LogP contribution in [0.2, 0.25) is 0 Å². The Hall–Kier alpha value is -1.46. The fourth-order valence-electron chi connectivity index (χ4n) is 2.47. The maximum Gasteiger partial charge on any atom is 0.238 e. The predicted octanol–water partition coefficient (Wildman–Crippen LogP) is 1.03. The molecule has 0 spiro atoms. The van der Waals surface area contributed by atoms with E-state index in [9.17, 15) is 9.18 Å². The number of aliphatic hydroxyl groups is 1. The van der Waals surface area contributed by atoms with Crippen LogP contribution in [0.5, 0.6) is 0 Å². The normalized spacial score (nSPS) is 17.6. The van der Waals surface area contributed by atoms with Crippen molar-refractivity contribution in [3.63, 3.8) is 0 Å². The van der Waals surface area contributed by atoms with Crippen LogP contribution in [0.15, 0.2) is 12.1 Å². The molecule has 0 aliphatic heterocycles. The summed E-state index contributed by atoms with van der Waals surface area (Å²) in [7, 11) is 3.60. The smallest absolute Gasteiger partial charge is 0.238 e. The van der Waals surface area contributed by atoms with E-state index in [1.165, 1.54) is 6.07 Å². The van der Waals surface area contributed by atoms with Gasteiger partial charge in [-0.25, -0.2) is 4.39 Å². The van der Waals surface area contributed by atoms with E-state index in [1.807, 2.05) is 6.07 Å². The van der Waals surface area contributed by atoms with Crippen LogP contribution < -0.4 is 5.32 Å². The van der Waals surface area contributed by atoms with Gasteiger partial charge in [0.25, 0.3) is 0 Å². The molecule has 1 amide bonds. The maximum absolute atomic E-state index is 13.9. The standard InChI is InChI=1S/C14H19FN2O2/c1-17(2)7-14(19)16-11-5-10-3-9(8-18)4-12(10)13(15)6-11/h5-6,9,18H,3-4,7-8H2,1-2H3,(H,16,19). The Morgan fingerprint density at radius 1 is 1.47 bits per heavy atom. The molecule has 1 aliphatic rings. The lowest BCUT2D eigenvalue weighted by atomic mass is 10.1. The molecule has 1 aromatic carbocycles. The molecule has 0 fully saturated rings. The van der Waals surface area contributed by atoms with Crippen molar-refractivity contribution in [2.75, 3.05) is 32.6 Å². The quantitative estimate of drug-likeness (QED) is 0.856. The van der Waals surface area contributed by atoms with Crippen LogP contribution in [-0.4, -0.2) is 43.2 Å². The Bertz CT molecular complexity index is 489. The van der Waals surface area contributed by atoms with Crippen molar-refractivity contribution in [1.29, 1.82) is 0 Å². The second kappa shape index (κ2) is 5.67. The number of benzene rings is 1. The summed E-state index contributed by atoms with van der Waals surface area (Å²) in [4.78, 5) is 13.4. The molecule has 104 valence electrons. The van der Waals surface area contributed by atoms with Gasteiger partial charge in [0.05, 0.1) is 6.54 Å². The van der Waals surface area contributed by atoms with Gasteiger partial charge in [-0.1, -0.05) is 0 Å². The minimum atomic E-state index is -0.298. The molecule has 0 aromatic heterocycles. The number of nitrogens with one attached hydrogen (secondary N) is 1. The van der Waals surface area contributed by atoms with E-state index in [0.717, 1.165) is 5.56 Å². The first-order chi connectivity index (χ1) is 8.99. The monoisotopic (exact) mass is 266 g/mol. The fraction of sp³-hybridized carbons (Fsp3) is 0.500. The molecule has 1 aromatic rings. The third-order valence-corrected chi connectivity index (χ3v) is 3.29. The second-order valence-corrected chi connectivity index (χ2v) is 5.34. The molecule has 4 nitrogen and oxygen atoms in total. The van der Waals surface area contributed by atoms with Crippen LogP contribution in [0.25, 0.3) is 0 Å². The number of hydrogen-bond donors (Lipinski definition) is 2. The molecule has 0 radical (unpaired) electrons. The predicted molar refractivity (Wildman–Crippen MR) is 71.6 cm³/mol. The van der Waals surface area contributed by atoms with Gasteiger partial charge >= 0.3 is 0 Å². The van der Waals surface area contributed by atoms with Crippen LogP contribution in [0.1, 0.15) is 11.1 Å². The van der Waals surface area contributed by atoms with E-state index in [4.69, 9.17) is 5.11 Å². The van der Waals surface area contributed by atoms with Crippen LogP contribution in [0.3, 0.4) is 0 Å². The number of carbonyl (C=O) groups is 1. The summed E-state index contributed by atoms with van der Waals surface area (Å²) in [5, 5.41) is 11.8. The number of likely N-dealkylation sites (N-methyl/N-ethyl adjacent to an activating group) is 1. The summed E-state index contributed by atoms with van der Waals surface area (Å²) in [5.41, 5.74) is 2.05. The minimum Gasteiger partial charge on any atom is -0.396 e. The number of carbonyl (C=O) groups excluding carboxylic acids is 1. The zero-order valence-electron chi connectivity index (χ0n) is 11.2. The van der Waals surface area contributed by atoms with Gasteiger partial charge in [-0.3, -0.25) is 4.79 Å². The molecular formula is C14H19FN2O2. The molecule has 1 unspecified atom stereocenters. The van der Waals surface area contributed by atoms with E-state index in [1.54, 1.807) is 19.0 Å². The van der Waals surface area contributed by atoms with Gasteiger partial charge in [-0.15, -0.1) is 0 Å². The largest absolute Gasteiger partial charge is 0.396 e. The molecule has 19 heavy (non-hydrogen) atoms. The fourth-order valence-corrected chi connectivity index (χ4v) is 2.47. The minimum absolute atomic E-state index is 0.0659. The molecule has 5 heteroatoms. The topological polar surface area (TPSA) is 52.6 Å². The van der Waals surface area contributed by atoms with Crippen molar-refractivity contribution in [3.8, 4) is 0 Å². The summed E-state index contributed by atoms with van der Waals surface area (Å²) in [6.45, 7) is 0.328. The third-order valence-electron chi connectivity index (χ3n) is 3.29. The molecule has 0 heterocycles. The SMILES string of the molecule is CN(C)CC(=O)Nc1cc(F)c2c(c1)CC(CO)C2. The number of aliphatic hydroxyl groups excluding tert-OH is 1. The van der Waals surface area contributed by atoms with Crippen molar-refractivity contribution in [1.82, 2.24) is 4.90 Å². The van der Waals surface area contributed by atoms with Crippen LogP contribution in [0, 0.1) is 11.7 Å². The van der Waals surface area contributed by atoms with Gasteiger partial charge in [-0.05, 0) is 56.1 Å². The number of hydrogen-bond acceptors (Lipinski definition) is 3. The van der Waals surface area contributed by atoms with Crippen molar-refractivity contribution in [3.05, 3.63) is 29.1 Å². The Labute approximate surface area is 112 Å². The Kier molecular flexibility index (Phi) is 4.17. The van der Waals surface area contributed by atoms with Crippen LogP contribution >= 0.6 is 0 Å². The van der Waals surface area contributed by atoms with Gasteiger partial charge in [0.1, 0.15) is 5.82 Å². The number of anilines is 1. The maximum atomic E-state index is 13.9. The van der Waals surface area contributed by atoms with Gasteiger partial charge in [0.15, 0.2) is 0 Å². The lowest BCUT2D eigenvalue weighted by Gasteiger charge is -2.11. The van der Waals surface area contributed by atoms with Gasteiger partial charge in [0, 0.05) is 12.3 Å². The molecule has 0 saturated carbocycles. The summed E-state index contributed by atoms with van der Waals surface area (Å²) >= 11 is 0. The van der Waals surface area contributed by atoms with E-state index < -0.39 is 0 Å². The highest BCUT2D eigenvalue weighted by molar-refractivity contribution is 5.92. The Morgan fingerprint density at radius 3 is 2.84 bits per heavy atom. The molecule has 2 N–H and O–H groups in total. The van der Waals surface area contributed by atoms with E-state index in [0.29, 0.717) is 24.1 Å². The molecular weight excluding hydrogens is 247 g/mol. The Morgan fingerprint density at radius 2 is 2.21 bits per heavy atom. The van der Waals surface area contributed by atoms with Gasteiger partial charge in [-0.2, -0.15) is 0 Å². The second-order valence-electron chi connectivity index (χ2n) is 5.34. The molecule has 2 rings (SSSR count). The molecule has 1 atom stereocenters. The summed E-state index contributed by atoms with van der Waals surface area (Å²) in [6.07, 6.45) is 1.24. The summed E-state index contributed by atoms with van der Waals surface area (Å²) in [5.74, 6) is -0.369. The summed E-state index contributed by atoms with van der Waals surface area (Å²) < 4.78 is 13.9. The molecule has 1 aliphatic carbocycles. The van der Waals surface area contributed by atoms with Crippen LogP contribution in [-0.2, 0) is 17.6 Å². The third kappa shape index (κ3) is 3.30. The zero-order valence-corrected chi connectivity index (χ0v) is 11.2. The first-order valence-corrected chi connectivity index (χ1v) is 6.36. The summed E-state index contributed by atoms with van der Waals surface area (Å²) in [6, 6.07) is 3.16. The van der Waals surface area contributed by atoms with Crippen molar-refractivity contribution < 1.29 is 14.3 Å². The zero-order chi connectivity index (χ0) is 14.0. The molecule has 0 saturated heterocycles. The van der Waals surface area contributed by atoms with E-state index in [-0.39, 0.29) is 30.8 Å². The first-order valence-electron chi connectivity index (χ1n) is 6.36.